The normalized spacial score (nSPS) is 25.5. The van der Waals surface area contributed by atoms with Gasteiger partial charge in [-0.15, -0.1) is 0 Å². The van der Waals surface area contributed by atoms with E-state index in [0.29, 0.717) is 32.4 Å². The van der Waals surface area contributed by atoms with Crippen LogP contribution in [-0.4, -0.2) is 84.1 Å². The minimum atomic E-state index is -3.36. The summed E-state index contributed by atoms with van der Waals surface area (Å²) in [6, 6.07) is 0. The third-order valence-corrected chi connectivity index (χ3v) is 8.68. The van der Waals surface area contributed by atoms with Crippen molar-refractivity contribution in [3.63, 3.8) is 0 Å². The summed E-state index contributed by atoms with van der Waals surface area (Å²) >= 11 is 0. The van der Waals surface area contributed by atoms with E-state index in [2.05, 4.69) is 0 Å². The van der Waals surface area contributed by atoms with Gasteiger partial charge in [0.1, 0.15) is 10.9 Å². The van der Waals surface area contributed by atoms with Crippen LogP contribution >= 0.6 is 0 Å². The summed E-state index contributed by atoms with van der Waals surface area (Å²) in [7, 11) is -0.0271. The number of carbonyl (C=O) groups is 2. The smallest absolute Gasteiger partial charge is 0.329 e. The van der Waals surface area contributed by atoms with Crippen molar-refractivity contribution in [3.05, 3.63) is 0 Å². The molecule has 2 fully saturated rings. The number of hydrogen-bond acceptors (Lipinski definition) is 5. The van der Waals surface area contributed by atoms with Gasteiger partial charge in [0, 0.05) is 32.6 Å². The van der Waals surface area contributed by atoms with E-state index in [-0.39, 0.29) is 17.7 Å². The van der Waals surface area contributed by atoms with Crippen molar-refractivity contribution in [2.24, 2.45) is 11.8 Å². The van der Waals surface area contributed by atoms with E-state index in [9.17, 15) is 23.1 Å². The van der Waals surface area contributed by atoms with Crippen molar-refractivity contribution in [1.82, 2.24) is 14.1 Å². The quantitative estimate of drug-likeness (QED) is 0.716. The van der Waals surface area contributed by atoms with E-state index in [1.807, 2.05) is 4.90 Å². The number of nitrogens with zero attached hydrogens (tertiary/aromatic N) is 3. The minimum Gasteiger partial charge on any atom is -0.479 e. The third-order valence-electron chi connectivity index (χ3n) is 6.31. The first-order valence-electron chi connectivity index (χ1n) is 9.14. The summed E-state index contributed by atoms with van der Waals surface area (Å²) in [6.45, 7) is 6.52. The van der Waals surface area contributed by atoms with Crippen molar-refractivity contribution in [1.29, 1.82) is 0 Å². The fraction of sp³-hybridized carbons (Fsp3) is 0.882. The number of carbonyl (C=O) groups excluding carboxylic acids is 1. The van der Waals surface area contributed by atoms with E-state index in [4.69, 9.17) is 0 Å². The zero-order valence-electron chi connectivity index (χ0n) is 16.3. The zero-order valence-corrected chi connectivity index (χ0v) is 17.1. The Hall–Kier alpha value is -1.19. The van der Waals surface area contributed by atoms with Gasteiger partial charge in [0.15, 0.2) is 0 Å². The molecular weight excluding hydrogens is 358 g/mol. The molecule has 2 heterocycles. The molecule has 9 heteroatoms. The average molecular weight is 390 g/mol. The van der Waals surface area contributed by atoms with Crippen LogP contribution in [0.15, 0.2) is 0 Å². The Morgan fingerprint density at radius 3 is 2.04 bits per heavy atom. The number of hydrogen-bond donors (Lipinski definition) is 1. The van der Waals surface area contributed by atoms with Crippen LogP contribution in [0.1, 0.15) is 40.0 Å². The van der Waals surface area contributed by atoms with Crippen molar-refractivity contribution in [2.45, 2.75) is 50.9 Å². The molecule has 1 amide bonds. The molecule has 8 nitrogen and oxygen atoms in total. The molecule has 0 bridgehead atoms. The lowest BCUT2D eigenvalue weighted by Gasteiger charge is -2.43. The van der Waals surface area contributed by atoms with E-state index >= 15 is 0 Å². The van der Waals surface area contributed by atoms with Gasteiger partial charge in [-0.3, -0.25) is 9.69 Å². The van der Waals surface area contributed by atoms with Gasteiger partial charge in [0.05, 0.1) is 0 Å². The molecule has 2 rings (SSSR count). The first-order chi connectivity index (χ1) is 11.9. The van der Waals surface area contributed by atoms with Gasteiger partial charge in [-0.05, 0) is 39.2 Å². The summed E-state index contributed by atoms with van der Waals surface area (Å²) in [5.74, 6) is -1.84. The van der Waals surface area contributed by atoms with Gasteiger partial charge in [0.2, 0.25) is 15.9 Å². The molecule has 1 unspecified atom stereocenters. The second-order valence-electron chi connectivity index (χ2n) is 7.95. The molecule has 2 saturated heterocycles. The van der Waals surface area contributed by atoms with Gasteiger partial charge >= 0.3 is 5.97 Å². The predicted molar refractivity (Wildman–Crippen MR) is 97.9 cm³/mol. The molecular formula is C17H31N3O5S. The van der Waals surface area contributed by atoms with Crippen molar-refractivity contribution in [2.75, 3.05) is 33.7 Å². The number of piperidine rings is 1. The van der Waals surface area contributed by atoms with E-state index in [0.717, 1.165) is 6.54 Å². The van der Waals surface area contributed by atoms with Gasteiger partial charge < -0.3 is 10.0 Å². The summed E-state index contributed by atoms with van der Waals surface area (Å²) in [4.78, 5) is 27.7. The molecule has 0 aromatic heterocycles. The van der Waals surface area contributed by atoms with Crippen LogP contribution in [-0.2, 0) is 19.6 Å². The Balaban J connectivity index is 2.03. The first-order valence-corrected chi connectivity index (χ1v) is 10.6. The number of likely N-dealkylation sites (tertiary alicyclic amines) is 1. The number of carboxylic acids is 1. The van der Waals surface area contributed by atoms with Crippen LogP contribution < -0.4 is 0 Å². The van der Waals surface area contributed by atoms with Gasteiger partial charge in [0.25, 0.3) is 0 Å². The Labute approximate surface area is 156 Å². The number of amides is 1. The molecule has 0 aromatic rings. The van der Waals surface area contributed by atoms with E-state index in [1.54, 1.807) is 27.8 Å². The molecule has 0 spiro atoms. The number of sulfonamides is 1. The zero-order chi connectivity index (χ0) is 19.9. The molecule has 0 radical (unpaired) electrons. The SMILES string of the molecule is CC(C)C(C)(C(=O)O)N(C)C(=O)C1CCN(S(=O)(=O)[C@H]2CCN2C)CC1. The van der Waals surface area contributed by atoms with Crippen LogP contribution in [0.4, 0.5) is 0 Å². The maximum absolute atomic E-state index is 12.8. The highest BCUT2D eigenvalue weighted by molar-refractivity contribution is 7.89. The van der Waals surface area contributed by atoms with Gasteiger partial charge in [-0.25, -0.2) is 17.5 Å². The van der Waals surface area contributed by atoms with Crippen molar-refractivity contribution in [3.8, 4) is 0 Å². The van der Waals surface area contributed by atoms with Crippen molar-refractivity contribution >= 4 is 21.9 Å². The molecule has 2 aliphatic rings. The van der Waals surface area contributed by atoms with Crippen molar-refractivity contribution < 1.29 is 23.1 Å². The number of likely N-dealkylation sites (N-methyl/N-ethyl adjacent to an activating group) is 1. The molecule has 26 heavy (non-hydrogen) atoms. The topological polar surface area (TPSA) is 98.2 Å². The largest absolute Gasteiger partial charge is 0.479 e. The summed E-state index contributed by atoms with van der Waals surface area (Å²) in [5, 5.41) is 9.15. The standard InChI is InChI=1S/C17H31N3O5S/c1-12(2)17(3,16(22)23)19(5)15(21)13-6-10-20(11-7-13)26(24,25)14-8-9-18(14)4/h12-14H,6-11H2,1-5H3,(H,22,23)/t14-,17?/m0/s1. The second kappa shape index (κ2) is 7.44. The summed E-state index contributed by atoms with van der Waals surface area (Å²) in [6.07, 6.45) is 1.49. The van der Waals surface area contributed by atoms with E-state index in [1.165, 1.54) is 16.3 Å². The lowest BCUT2D eigenvalue weighted by atomic mass is 9.85. The number of rotatable bonds is 6. The molecule has 2 atom stereocenters. The highest BCUT2D eigenvalue weighted by Gasteiger charge is 2.46. The third kappa shape index (κ3) is 3.48. The van der Waals surface area contributed by atoms with Crippen LogP contribution in [0.3, 0.4) is 0 Å². The lowest BCUT2D eigenvalue weighted by molar-refractivity contribution is -0.162. The van der Waals surface area contributed by atoms with Crippen LogP contribution in [0.2, 0.25) is 0 Å². The summed E-state index contributed by atoms with van der Waals surface area (Å²) in [5.41, 5.74) is -1.28. The fourth-order valence-electron chi connectivity index (χ4n) is 3.68. The van der Waals surface area contributed by atoms with E-state index < -0.39 is 26.9 Å². The van der Waals surface area contributed by atoms with Crippen LogP contribution in [0, 0.1) is 11.8 Å². The highest BCUT2D eigenvalue weighted by Crippen LogP contribution is 2.31. The average Bonchev–Trinajstić information content (AvgIpc) is 2.57. The van der Waals surface area contributed by atoms with Gasteiger partial charge in [-0.2, -0.15) is 0 Å². The Morgan fingerprint density at radius 2 is 1.69 bits per heavy atom. The Kier molecular flexibility index (Phi) is 6.04. The predicted octanol–water partition coefficient (Wildman–Crippen LogP) is 0.648. The second-order valence-corrected chi connectivity index (χ2v) is 10.0. The molecule has 0 aromatic carbocycles. The molecule has 2 aliphatic heterocycles. The van der Waals surface area contributed by atoms with Gasteiger partial charge in [-0.1, -0.05) is 13.8 Å². The molecule has 1 N–H and O–H groups in total. The molecule has 150 valence electrons. The maximum atomic E-state index is 12.8. The fourth-order valence-corrected chi connectivity index (χ4v) is 5.71. The Morgan fingerprint density at radius 1 is 1.15 bits per heavy atom. The van der Waals surface area contributed by atoms with Crippen LogP contribution in [0.5, 0.6) is 0 Å². The highest BCUT2D eigenvalue weighted by atomic mass is 32.2. The number of carboxylic acid groups (broad SMARTS) is 1. The molecule has 0 saturated carbocycles. The first kappa shape index (κ1) is 21.1. The summed E-state index contributed by atoms with van der Waals surface area (Å²) < 4.78 is 26.8. The number of aliphatic carboxylic acids is 1. The van der Waals surface area contributed by atoms with Crippen LogP contribution in [0.25, 0.3) is 0 Å². The monoisotopic (exact) mass is 389 g/mol. The minimum absolute atomic E-state index is 0.221. The molecule has 0 aliphatic carbocycles. The Bertz CT molecular complexity index is 657. The maximum Gasteiger partial charge on any atom is 0.329 e. The lowest BCUT2D eigenvalue weighted by Crippen LogP contribution is -2.59.